The summed E-state index contributed by atoms with van der Waals surface area (Å²) >= 11 is 14.4. The molecule has 4 rings (SSSR count). The van der Waals surface area contributed by atoms with Gasteiger partial charge in [0.15, 0.2) is 0 Å². The molecule has 0 atom stereocenters. The molecule has 0 saturated heterocycles. The Labute approximate surface area is 181 Å². The van der Waals surface area contributed by atoms with Crippen LogP contribution < -0.4 is 0 Å². The molecule has 8 heteroatoms. The molecule has 0 saturated carbocycles. The fourth-order valence-electron chi connectivity index (χ4n) is 3.31. The van der Waals surface area contributed by atoms with Gasteiger partial charge in [-0.2, -0.15) is 5.10 Å². The molecule has 0 fully saturated rings. The highest BCUT2D eigenvalue weighted by molar-refractivity contribution is 7.99. The molecular weight excluding hydrogens is 429 g/mol. The van der Waals surface area contributed by atoms with Crippen molar-refractivity contribution in [1.29, 1.82) is 0 Å². The van der Waals surface area contributed by atoms with E-state index in [0.29, 0.717) is 10.0 Å². The van der Waals surface area contributed by atoms with Crippen LogP contribution in [0.25, 0.3) is 16.6 Å². The average molecular weight is 446 g/mol. The number of benzene rings is 2. The summed E-state index contributed by atoms with van der Waals surface area (Å²) in [5.41, 5.74) is 2.93. The van der Waals surface area contributed by atoms with Crippen LogP contribution >= 0.6 is 35.0 Å². The predicted octanol–water partition coefficient (Wildman–Crippen LogP) is 6.31. The third kappa shape index (κ3) is 3.52. The highest BCUT2D eigenvalue weighted by Crippen LogP contribution is 2.43. The van der Waals surface area contributed by atoms with Crippen molar-refractivity contribution in [3.8, 4) is 5.69 Å². The third-order valence-electron chi connectivity index (χ3n) is 4.70. The van der Waals surface area contributed by atoms with Gasteiger partial charge in [-0.1, -0.05) is 47.1 Å². The van der Waals surface area contributed by atoms with Crippen molar-refractivity contribution >= 4 is 51.8 Å². The Bertz CT molecular complexity index is 1250. The molecule has 148 valence electrons. The number of hydrogen-bond donors (Lipinski definition) is 1. The van der Waals surface area contributed by atoms with E-state index in [9.17, 15) is 9.90 Å². The number of carboxylic acids is 1. The van der Waals surface area contributed by atoms with Crippen LogP contribution in [-0.2, 0) is 6.54 Å². The first-order chi connectivity index (χ1) is 13.9. The molecule has 0 radical (unpaired) electrons. The number of halogens is 2. The van der Waals surface area contributed by atoms with Crippen molar-refractivity contribution in [3.63, 3.8) is 0 Å². The van der Waals surface area contributed by atoms with Crippen LogP contribution in [0.3, 0.4) is 0 Å². The fraction of sp³-hybridized carbons (Fsp3) is 0.143. The maximum atomic E-state index is 11.3. The maximum Gasteiger partial charge on any atom is 0.335 e. The zero-order valence-electron chi connectivity index (χ0n) is 15.7. The topological polar surface area (TPSA) is 60.0 Å². The minimum atomic E-state index is -0.951. The van der Waals surface area contributed by atoms with E-state index in [-0.39, 0.29) is 5.56 Å². The van der Waals surface area contributed by atoms with E-state index in [1.807, 2.05) is 41.4 Å². The van der Waals surface area contributed by atoms with Gasteiger partial charge >= 0.3 is 5.97 Å². The Morgan fingerprint density at radius 3 is 2.72 bits per heavy atom. The molecule has 0 spiro atoms. The summed E-state index contributed by atoms with van der Waals surface area (Å²) in [6.07, 6.45) is 3.76. The van der Waals surface area contributed by atoms with E-state index in [2.05, 4.69) is 5.10 Å². The summed E-state index contributed by atoms with van der Waals surface area (Å²) in [4.78, 5) is 13.2. The molecule has 2 aromatic heterocycles. The van der Waals surface area contributed by atoms with Crippen molar-refractivity contribution < 1.29 is 9.90 Å². The second kappa shape index (κ2) is 7.78. The molecule has 0 aliphatic heterocycles. The fourth-order valence-corrected chi connectivity index (χ4v) is 4.79. The Kier molecular flexibility index (Phi) is 5.34. The zero-order chi connectivity index (χ0) is 20.7. The molecule has 0 aliphatic carbocycles. The van der Waals surface area contributed by atoms with Crippen LogP contribution in [0.4, 0.5) is 0 Å². The van der Waals surface area contributed by atoms with Crippen LogP contribution in [0.5, 0.6) is 0 Å². The van der Waals surface area contributed by atoms with Gasteiger partial charge in [-0.05, 0) is 38.1 Å². The molecule has 4 aromatic rings. The van der Waals surface area contributed by atoms with Crippen LogP contribution in [0.2, 0.25) is 10.0 Å². The van der Waals surface area contributed by atoms with Gasteiger partial charge in [-0.25, -0.2) is 4.79 Å². The van der Waals surface area contributed by atoms with Gasteiger partial charge in [0.1, 0.15) is 0 Å². The summed E-state index contributed by atoms with van der Waals surface area (Å²) in [6.45, 7) is 4.80. The van der Waals surface area contributed by atoms with Gasteiger partial charge in [0.05, 0.1) is 33.0 Å². The molecule has 5 nitrogen and oxygen atoms in total. The molecule has 0 bridgehead atoms. The van der Waals surface area contributed by atoms with Gasteiger partial charge in [0, 0.05) is 33.6 Å². The smallest absolute Gasteiger partial charge is 0.335 e. The van der Waals surface area contributed by atoms with Crippen molar-refractivity contribution in [3.05, 3.63) is 70.1 Å². The number of aromatic carboxylic acids is 1. The first kappa shape index (κ1) is 19.9. The van der Waals surface area contributed by atoms with Crippen molar-refractivity contribution in [2.75, 3.05) is 0 Å². The SMILES string of the molecule is CCn1cc(-n2c(C)c(Sc3cccc(C(=O)O)c3)c3ccc(Cl)c(Cl)c32)cn1. The van der Waals surface area contributed by atoms with Crippen molar-refractivity contribution in [1.82, 2.24) is 14.3 Å². The van der Waals surface area contributed by atoms with Crippen molar-refractivity contribution in [2.24, 2.45) is 0 Å². The second-order valence-corrected chi connectivity index (χ2v) is 8.37. The number of hydrogen-bond acceptors (Lipinski definition) is 3. The molecular formula is C21H17Cl2N3O2S. The average Bonchev–Trinajstić information content (AvgIpc) is 3.28. The Morgan fingerprint density at radius 1 is 1.24 bits per heavy atom. The summed E-state index contributed by atoms with van der Waals surface area (Å²) in [7, 11) is 0. The Balaban J connectivity index is 1.93. The largest absolute Gasteiger partial charge is 0.478 e. The van der Waals surface area contributed by atoms with Crippen LogP contribution in [-0.4, -0.2) is 25.4 Å². The molecule has 1 N–H and O–H groups in total. The lowest BCUT2D eigenvalue weighted by Gasteiger charge is -2.07. The van der Waals surface area contributed by atoms with Gasteiger partial charge in [0.2, 0.25) is 0 Å². The first-order valence-electron chi connectivity index (χ1n) is 8.93. The monoisotopic (exact) mass is 445 g/mol. The number of carboxylic acid groups (broad SMARTS) is 1. The van der Waals surface area contributed by atoms with E-state index in [0.717, 1.165) is 38.6 Å². The van der Waals surface area contributed by atoms with Crippen LogP contribution in [0, 0.1) is 6.92 Å². The minimum Gasteiger partial charge on any atom is -0.478 e. The highest BCUT2D eigenvalue weighted by Gasteiger charge is 2.21. The normalized spacial score (nSPS) is 11.3. The summed E-state index contributed by atoms with van der Waals surface area (Å²) in [5, 5.41) is 15.6. The lowest BCUT2D eigenvalue weighted by molar-refractivity contribution is 0.0696. The summed E-state index contributed by atoms with van der Waals surface area (Å²) in [5.74, 6) is -0.951. The Hall–Kier alpha value is -2.41. The van der Waals surface area contributed by atoms with Crippen molar-refractivity contribution in [2.45, 2.75) is 30.2 Å². The lowest BCUT2D eigenvalue weighted by Crippen LogP contribution is -1.97. The molecule has 0 aliphatic rings. The molecule has 0 amide bonds. The number of carbonyl (C=O) groups is 1. The minimum absolute atomic E-state index is 0.252. The van der Waals surface area contributed by atoms with Gasteiger partial charge in [-0.15, -0.1) is 0 Å². The van der Waals surface area contributed by atoms with Gasteiger partial charge in [-0.3, -0.25) is 4.68 Å². The van der Waals surface area contributed by atoms with E-state index in [1.165, 1.54) is 11.8 Å². The lowest BCUT2D eigenvalue weighted by atomic mass is 10.2. The maximum absolute atomic E-state index is 11.3. The van der Waals surface area contributed by atoms with Gasteiger partial charge in [0.25, 0.3) is 0 Å². The second-order valence-electron chi connectivity index (χ2n) is 6.50. The number of aromatic nitrogens is 3. The summed E-state index contributed by atoms with van der Waals surface area (Å²) < 4.78 is 3.90. The van der Waals surface area contributed by atoms with Crippen LogP contribution in [0.15, 0.2) is 58.6 Å². The molecule has 2 aromatic carbocycles. The number of rotatable bonds is 5. The Morgan fingerprint density at radius 2 is 2.03 bits per heavy atom. The number of aryl methyl sites for hydroxylation is 1. The third-order valence-corrected chi connectivity index (χ3v) is 6.71. The molecule has 29 heavy (non-hydrogen) atoms. The van der Waals surface area contributed by atoms with Crippen LogP contribution in [0.1, 0.15) is 23.0 Å². The zero-order valence-corrected chi connectivity index (χ0v) is 18.0. The highest BCUT2D eigenvalue weighted by atomic mass is 35.5. The van der Waals surface area contributed by atoms with E-state index < -0.39 is 5.97 Å². The number of nitrogens with zero attached hydrogens (tertiary/aromatic N) is 3. The van der Waals surface area contributed by atoms with E-state index in [1.54, 1.807) is 30.5 Å². The summed E-state index contributed by atoms with van der Waals surface area (Å²) in [6, 6.07) is 10.6. The van der Waals surface area contributed by atoms with E-state index >= 15 is 0 Å². The quantitative estimate of drug-likeness (QED) is 0.390. The standard InChI is InChI=1S/C21H17Cl2N3O2S/c1-3-25-11-14(10-24-25)26-12(2)20(16-7-8-17(22)18(23)19(16)26)29-15-6-4-5-13(9-15)21(27)28/h4-11H,3H2,1-2H3,(H,27,28). The van der Waals surface area contributed by atoms with Gasteiger partial charge < -0.3 is 9.67 Å². The number of fused-ring (bicyclic) bond motifs is 1. The molecule has 0 unspecified atom stereocenters. The molecule has 2 heterocycles. The first-order valence-corrected chi connectivity index (χ1v) is 10.5. The van der Waals surface area contributed by atoms with E-state index in [4.69, 9.17) is 23.2 Å². The predicted molar refractivity (Wildman–Crippen MR) is 117 cm³/mol.